The van der Waals surface area contributed by atoms with Crippen LogP contribution in [0.3, 0.4) is 0 Å². The first-order valence-electron chi connectivity index (χ1n) is 5.68. The van der Waals surface area contributed by atoms with Crippen molar-refractivity contribution in [3.05, 3.63) is 0 Å². The Bertz CT molecular complexity index is 241. The molecule has 0 spiro atoms. The number of rotatable bonds is 3. The highest BCUT2D eigenvalue weighted by molar-refractivity contribution is 5.80. The van der Waals surface area contributed by atoms with E-state index in [0.29, 0.717) is 6.54 Å². The second-order valence-electron chi connectivity index (χ2n) is 4.10. The smallest absolute Gasteiger partial charge is 0.224 e. The van der Waals surface area contributed by atoms with E-state index in [9.17, 15) is 9.59 Å². The van der Waals surface area contributed by atoms with Gasteiger partial charge in [-0.1, -0.05) is 6.92 Å². The normalized spacial score (nSPS) is 21.2. The van der Waals surface area contributed by atoms with Crippen LogP contribution in [0.5, 0.6) is 0 Å². The monoisotopic (exact) mass is 212 g/mol. The molecule has 0 aromatic heterocycles. The average Bonchev–Trinajstić information content (AvgIpc) is 2.26. The number of nitrogens with zero attached hydrogens (tertiary/aromatic N) is 1. The molecule has 4 heteroatoms. The standard InChI is InChI=1S/C11H20N2O2/c1-3-6-12-11(15)10-5-4-7-13(8-10)9(2)14/h10H,3-8H2,1-2H3,(H,12,15)/t10-/m0/s1. The van der Waals surface area contributed by atoms with E-state index in [2.05, 4.69) is 5.32 Å². The fraction of sp³-hybridized carbons (Fsp3) is 0.818. The van der Waals surface area contributed by atoms with E-state index >= 15 is 0 Å². The van der Waals surface area contributed by atoms with E-state index in [1.807, 2.05) is 6.92 Å². The third-order valence-electron chi connectivity index (χ3n) is 2.79. The lowest BCUT2D eigenvalue weighted by molar-refractivity contribution is -0.133. The quantitative estimate of drug-likeness (QED) is 0.751. The zero-order valence-corrected chi connectivity index (χ0v) is 9.58. The summed E-state index contributed by atoms with van der Waals surface area (Å²) in [5.74, 6) is 0.167. The van der Waals surface area contributed by atoms with Gasteiger partial charge in [0.05, 0.1) is 5.92 Å². The number of piperidine rings is 1. The molecule has 0 aromatic carbocycles. The number of nitrogens with one attached hydrogen (secondary N) is 1. The molecule has 1 aliphatic rings. The number of hydrogen-bond donors (Lipinski definition) is 1. The van der Waals surface area contributed by atoms with Crippen molar-refractivity contribution in [3.63, 3.8) is 0 Å². The third-order valence-corrected chi connectivity index (χ3v) is 2.79. The predicted molar refractivity (Wildman–Crippen MR) is 58.3 cm³/mol. The molecule has 1 heterocycles. The van der Waals surface area contributed by atoms with Gasteiger partial charge >= 0.3 is 0 Å². The van der Waals surface area contributed by atoms with Crippen LogP contribution in [-0.4, -0.2) is 36.3 Å². The molecule has 86 valence electrons. The summed E-state index contributed by atoms with van der Waals surface area (Å²) in [5.41, 5.74) is 0. The van der Waals surface area contributed by atoms with Gasteiger partial charge in [-0.3, -0.25) is 9.59 Å². The molecule has 0 aromatic rings. The molecular weight excluding hydrogens is 192 g/mol. The molecule has 0 bridgehead atoms. The maximum atomic E-state index is 11.7. The van der Waals surface area contributed by atoms with Crippen LogP contribution in [0.25, 0.3) is 0 Å². The van der Waals surface area contributed by atoms with Crippen molar-refractivity contribution in [2.24, 2.45) is 5.92 Å². The molecular formula is C11H20N2O2. The predicted octanol–water partition coefficient (Wildman–Crippen LogP) is 0.771. The number of hydrogen-bond acceptors (Lipinski definition) is 2. The van der Waals surface area contributed by atoms with Crippen LogP contribution in [0.4, 0.5) is 0 Å². The zero-order valence-electron chi connectivity index (χ0n) is 9.58. The second kappa shape index (κ2) is 5.73. The lowest BCUT2D eigenvalue weighted by Crippen LogP contribution is -2.44. The fourth-order valence-corrected chi connectivity index (χ4v) is 1.87. The Morgan fingerprint density at radius 2 is 2.20 bits per heavy atom. The number of likely N-dealkylation sites (tertiary alicyclic amines) is 1. The van der Waals surface area contributed by atoms with Crippen molar-refractivity contribution in [1.82, 2.24) is 10.2 Å². The summed E-state index contributed by atoms with van der Waals surface area (Å²) in [7, 11) is 0. The van der Waals surface area contributed by atoms with Gasteiger partial charge in [0.1, 0.15) is 0 Å². The van der Waals surface area contributed by atoms with Crippen LogP contribution >= 0.6 is 0 Å². The molecule has 15 heavy (non-hydrogen) atoms. The fourth-order valence-electron chi connectivity index (χ4n) is 1.87. The summed E-state index contributed by atoms with van der Waals surface area (Å²) < 4.78 is 0. The molecule has 0 saturated carbocycles. The van der Waals surface area contributed by atoms with E-state index in [1.54, 1.807) is 11.8 Å². The van der Waals surface area contributed by atoms with Crippen LogP contribution < -0.4 is 5.32 Å². The van der Waals surface area contributed by atoms with E-state index in [1.165, 1.54) is 0 Å². The van der Waals surface area contributed by atoms with Gasteiger partial charge in [-0.25, -0.2) is 0 Å². The minimum Gasteiger partial charge on any atom is -0.356 e. The van der Waals surface area contributed by atoms with Crippen LogP contribution in [0.1, 0.15) is 33.1 Å². The highest BCUT2D eigenvalue weighted by Gasteiger charge is 2.26. The highest BCUT2D eigenvalue weighted by atomic mass is 16.2. The average molecular weight is 212 g/mol. The molecule has 0 unspecified atom stereocenters. The summed E-state index contributed by atoms with van der Waals surface area (Å²) in [6.45, 7) is 5.71. The Morgan fingerprint density at radius 3 is 2.80 bits per heavy atom. The summed E-state index contributed by atoms with van der Waals surface area (Å²) in [6, 6.07) is 0. The summed E-state index contributed by atoms with van der Waals surface area (Å²) in [5, 5.41) is 2.88. The Kier molecular flexibility index (Phi) is 4.59. The third kappa shape index (κ3) is 3.53. The first-order chi connectivity index (χ1) is 7.15. The zero-order chi connectivity index (χ0) is 11.3. The Balaban J connectivity index is 2.41. The summed E-state index contributed by atoms with van der Waals surface area (Å²) in [4.78, 5) is 24.6. The van der Waals surface area contributed by atoms with E-state index in [-0.39, 0.29) is 17.7 Å². The molecule has 2 amide bonds. The maximum absolute atomic E-state index is 11.7. The number of carbonyl (C=O) groups excluding carboxylic acids is 2. The van der Waals surface area contributed by atoms with Crippen LogP contribution in [0.2, 0.25) is 0 Å². The van der Waals surface area contributed by atoms with E-state index in [0.717, 1.165) is 32.4 Å². The van der Waals surface area contributed by atoms with Gasteiger partial charge in [-0.05, 0) is 19.3 Å². The van der Waals surface area contributed by atoms with Gasteiger partial charge in [0.25, 0.3) is 0 Å². The van der Waals surface area contributed by atoms with E-state index < -0.39 is 0 Å². The lowest BCUT2D eigenvalue weighted by Gasteiger charge is -2.31. The van der Waals surface area contributed by atoms with Crippen LogP contribution in [-0.2, 0) is 9.59 Å². The highest BCUT2D eigenvalue weighted by Crippen LogP contribution is 2.16. The van der Waals surface area contributed by atoms with Gasteiger partial charge in [0.2, 0.25) is 11.8 Å². The summed E-state index contributed by atoms with van der Waals surface area (Å²) in [6.07, 6.45) is 2.79. The van der Waals surface area contributed by atoms with Gasteiger partial charge in [0, 0.05) is 26.6 Å². The van der Waals surface area contributed by atoms with Gasteiger partial charge in [-0.2, -0.15) is 0 Å². The number of carbonyl (C=O) groups is 2. The molecule has 0 radical (unpaired) electrons. The second-order valence-corrected chi connectivity index (χ2v) is 4.10. The molecule has 1 atom stereocenters. The van der Waals surface area contributed by atoms with Crippen molar-refractivity contribution in [2.45, 2.75) is 33.1 Å². The van der Waals surface area contributed by atoms with Crippen molar-refractivity contribution in [3.8, 4) is 0 Å². The van der Waals surface area contributed by atoms with Crippen molar-refractivity contribution >= 4 is 11.8 Å². The Morgan fingerprint density at radius 1 is 1.47 bits per heavy atom. The molecule has 1 saturated heterocycles. The molecule has 1 rings (SSSR count). The minimum absolute atomic E-state index is 0.00537. The first-order valence-corrected chi connectivity index (χ1v) is 5.68. The van der Waals surface area contributed by atoms with Crippen molar-refractivity contribution < 1.29 is 9.59 Å². The van der Waals surface area contributed by atoms with Crippen LogP contribution in [0, 0.1) is 5.92 Å². The Labute approximate surface area is 91.0 Å². The minimum atomic E-state index is -0.00537. The topological polar surface area (TPSA) is 49.4 Å². The molecule has 1 N–H and O–H groups in total. The molecule has 0 aliphatic carbocycles. The van der Waals surface area contributed by atoms with Gasteiger partial charge in [-0.15, -0.1) is 0 Å². The maximum Gasteiger partial charge on any atom is 0.224 e. The number of amides is 2. The van der Waals surface area contributed by atoms with Crippen molar-refractivity contribution in [1.29, 1.82) is 0 Å². The van der Waals surface area contributed by atoms with E-state index in [4.69, 9.17) is 0 Å². The van der Waals surface area contributed by atoms with Gasteiger partial charge < -0.3 is 10.2 Å². The molecule has 1 fully saturated rings. The first kappa shape index (κ1) is 12.0. The largest absolute Gasteiger partial charge is 0.356 e. The molecule has 1 aliphatic heterocycles. The van der Waals surface area contributed by atoms with Crippen LogP contribution in [0.15, 0.2) is 0 Å². The van der Waals surface area contributed by atoms with Gasteiger partial charge in [0.15, 0.2) is 0 Å². The molecule has 4 nitrogen and oxygen atoms in total. The summed E-state index contributed by atoms with van der Waals surface area (Å²) >= 11 is 0. The Hall–Kier alpha value is -1.06. The lowest BCUT2D eigenvalue weighted by atomic mass is 9.97. The SMILES string of the molecule is CCCNC(=O)[C@H]1CCCN(C(C)=O)C1. The van der Waals surface area contributed by atoms with Crippen molar-refractivity contribution in [2.75, 3.05) is 19.6 Å².